The molecule has 0 aliphatic carbocycles. The molecule has 1 aromatic rings. The van der Waals surface area contributed by atoms with Crippen molar-refractivity contribution in [3.05, 3.63) is 29.3 Å². The van der Waals surface area contributed by atoms with Gasteiger partial charge < -0.3 is 19.6 Å². The normalized spacial score (nSPS) is 22.8. The van der Waals surface area contributed by atoms with Crippen molar-refractivity contribution in [2.45, 2.75) is 39.0 Å². The van der Waals surface area contributed by atoms with Gasteiger partial charge in [-0.1, -0.05) is 12.8 Å². The summed E-state index contributed by atoms with van der Waals surface area (Å²) in [6.45, 7) is 6.68. The molecular formula is C27H36N8O3. The SMILES string of the molecule is Cc1cc(C#N)ccc1N1CCN(C(=O)[C@H]2CCN(C(=NC#N)N3CCCCCC3)C[C@@H]2C(=O)NO)CC1. The molecule has 38 heavy (non-hydrogen) atoms. The van der Waals surface area contributed by atoms with Gasteiger partial charge in [0.1, 0.15) is 0 Å². The highest BCUT2D eigenvalue weighted by molar-refractivity contribution is 5.89. The maximum atomic E-state index is 13.6. The summed E-state index contributed by atoms with van der Waals surface area (Å²) in [6, 6.07) is 7.79. The number of rotatable bonds is 3. The molecule has 3 aliphatic rings. The molecule has 4 rings (SSSR count). The van der Waals surface area contributed by atoms with E-state index in [2.05, 4.69) is 20.9 Å². The first-order valence-electron chi connectivity index (χ1n) is 13.4. The molecule has 3 aliphatic heterocycles. The number of hydrogen-bond donors (Lipinski definition) is 2. The number of aryl methyl sites for hydroxylation is 1. The summed E-state index contributed by atoms with van der Waals surface area (Å²) in [5.74, 6) is -1.43. The summed E-state index contributed by atoms with van der Waals surface area (Å²) >= 11 is 0. The number of piperazine rings is 1. The topological polar surface area (TPSA) is 139 Å². The molecule has 1 aromatic carbocycles. The number of hydroxylamine groups is 1. The van der Waals surface area contributed by atoms with Crippen LogP contribution in [0.5, 0.6) is 0 Å². The van der Waals surface area contributed by atoms with Crippen LogP contribution in [0.4, 0.5) is 5.69 Å². The van der Waals surface area contributed by atoms with Crippen LogP contribution in [-0.2, 0) is 9.59 Å². The predicted octanol–water partition coefficient (Wildman–Crippen LogP) is 1.67. The molecule has 11 nitrogen and oxygen atoms in total. The van der Waals surface area contributed by atoms with Crippen molar-refractivity contribution in [1.82, 2.24) is 20.2 Å². The van der Waals surface area contributed by atoms with Gasteiger partial charge >= 0.3 is 0 Å². The standard InChI is InChI=1S/C27H36N8O3/c1-20-16-21(17-28)6-7-24(20)32-12-14-33(15-13-32)26(37)22-8-11-35(18-23(22)25(36)31-38)27(30-19-29)34-9-4-2-3-5-10-34/h6-7,16,22-23,38H,2-5,8-15,18H2,1H3,(H,31,36)/t22-,23-/m0/s1. The first-order chi connectivity index (χ1) is 18.5. The van der Waals surface area contributed by atoms with E-state index in [-0.39, 0.29) is 12.5 Å². The molecule has 0 bridgehead atoms. The first-order valence-corrected chi connectivity index (χ1v) is 13.4. The molecule has 202 valence electrons. The third kappa shape index (κ3) is 6.00. The van der Waals surface area contributed by atoms with E-state index in [1.807, 2.05) is 35.0 Å². The zero-order valence-electron chi connectivity index (χ0n) is 22.0. The largest absolute Gasteiger partial charge is 0.368 e. The van der Waals surface area contributed by atoms with Crippen molar-refractivity contribution in [1.29, 1.82) is 10.5 Å². The summed E-state index contributed by atoms with van der Waals surface area (Å²) in [7, 11) is 0. The van der Waals surface area contributed by atoms with Crippen LogP contribution < -0.4 is 10.4 Å². The second-order valence-corrected chi connectivity index (χ2v) is 10.3. The Balaban J connectivity index is 1.43. The molecule has 0 aromatic heterocycles. The van der Waals surface area contributed by atoms with Gasteiger partial charge in [0.2, 0.25) is 24.0 Å². The van der Waals surface area contributed by atoms with Crippen LogP contribution in [0.25, 0.3) is 0 Å². The van der Waals surface area contributed by atoms with Gasteiger partial charge in [-0.2, -0.15) is 10.5 Å². The number of amides is 2. The van der Waals surface area contributed by atoms with Crippen LogP contribution in [0.3, 0.4) is 0 Å². The number of nitriles is 2. The molecule has 3 heterocycles. The summed E-state index contributed by atoms with van der Waals surface area (Å²) in [6.07, 6.45) is 6.67. The molecule has 0 saturated carbocycles. The van der Waals surface area contributed by atoms with Gasteiger partial charge in [0.25, 0.3) is 0 Å². The second kappa shape index (κ2) is 12.6. The molecule has 0 unspecified atom stereocenters. The van der Waals surface area contributed by atoms with Gasteiger partial charge in [-0.05, 0) is 49.9 Å². The maximum absolute atomic E-state index is 13.6. The Morgan fingerprint density at radius 3 is 2.26 bits per heavy atom. The number of nitrogens with zero attached hydrogens (tertiary/aromatic N) is 7. The number of anilines is 1. The molecule has 11 heteroatoms. The summed E-state index contributed by atoms with van der Waals surface area (Å²) in [5.41, 5.74) is 4.46. The van der Waals surface area contributed by atoms with E-state index in [1.54, 1.807) is 11.5 Å². The Labute approximate surface area is 223 Å². The fraction of sp³-hybridized carbons (Fsp3) is 0.593. The fourth-order valence-corrected chi connectivity index (χ4v) is 5.92. The number of benzene rings is 1. The number of carbonyl (C=O) groups excluding carboxylic acids is 2. The molecule has 3 saturated heterocycles. The smallest absolute Gasteiger partial charge is 0.249 e. The molecule has 2 N–H and O–H groups in total. The van der Waals surface area contributed by atoms with Gasteiger partial charge in [0.05, 0.1) is 23.5 Å². The highest BCUT2D eigenvalue weighted by Crippen LogP contribution is 2.29. The molecule has 2 amide bonds. The van der Waals surface area contributed by atoms with Gasteiger partial charge in [0.15, 0.2) is 0 Å². The zero-order chi connectivity index (χ0) is 27.1. The van der Waals surface area contributed by atoms with E-state index in [0.29, 0.717) is 50.7 Å². The van der Waals surface area contributed by atoms with Crippen molar-refractivity contribution in [2.75, 3.05) is 57.3 Å². The van der Waals surface area contributed by atoms with E-state index in [0.717, 1.165) is 50.0 Å². The second-order valence-electron chi connectivity index (χ2n) is 10.3. The lowest BCUT2D eigenvalue weighted by Gasteiger charge is -2.43. The molecule has 2 atom stereocenters. The maximum Gasteiger partial charge on any atom is 0.249 e. The Morgan fingerprint density at radius 2 is 1.66 bits per heavy atom. The number of aliphatic imine (C=N–C) groups is 1. The number of piperidine rings is 1. The number of hydrogen-bond acceptors (Lipinski definition) is 7. The molecule has 3 fully saturated rings. The Kier molecular flexibility index (Phi) is 9.03. The van der Waals surface area contributed by atoms with Crippen LogP contribution in [0.2, 0.25) is 0 Å². The Hall–Kier alpha value is -3.83. The van der Waals surface area contributed by atoms with Crippen LogP contribution in [-0.4, -0.2) is 90.0 Å². The highest BCUT2D eigenvalue weighted by Gasteiger charge is 2.42. The van der Waals surface area contributed by atoms with Gasteiger partial charge in [-0.15, -0.1) is 4.99 Å². The Bertz CT molecular complexity index is 1120. The van der Waals surface area contributed by atoms with E-state index < -0.39 is 17.7 Å². The van der Waals surface area contributed by atoms with Crippen molar-refractivity contribution in [3.8, 4) is 12.3 Å². The zero-order valence-corrected chi connectivity index (χ0v) is 22.0. The fourth-order valence-electron chi connectivity index (χ4n) is 5.92. The third-order valence-corrected chi connectivity index (χ3v) is 7.96. The number of guanidine groups is 1. The Morgan fingerprint density at radius 1 is 0.947 bits per heavy atom. The van der Waals surface area contributed by atoms with Crippen LogP contribution in [0.15, 0.2) is 23.2 Å². The molecular weight excluding hydrogens is 484 g/mol. The van der Waals surface area contributed by atoms with Gasteiger partial charge in [-0.25, -0.2) is 5.48 Å². The minimum atomic E-state index is -0.754. The number of nitrogens with one attached hydrogen (secondary N) is 1. The monoisotopic (exact) mass is 520 g/mol. The average molecular weight is 521 g/mol. The third-order valence-electron chi connectivity index (χ3n) is 7.96. The summed E-state index contributed by atoms with van der Waals surface area (Å²) in [4.78, 5) is 38.5. The minimum Gasteiger partial charge on any atom is -0.368 e. The molecule has 0 radical (unpaired) electrons. The van der Waals surface area contributed by atoms with Gasteiger partial charge in [0, 0.05) is 58.0 Å². The number of carbonyl (C=O) groups is 2. The van der Waals surface area contributed by atoms with Gasteiger partial charge in [-0.3, -0.25) is 14.8 Å². The number of likely N-dealkylation sites (tertiary alicyclic amines) is 2. The van der Waals surface area contributed by atoms with E-state index in [9.17, 15) is 20.1 Å². The van der Waals surface area contributed by atoms with E-state index >= 15 is 0 Å². The first kappa shape index (κ1) is 27.2. The minimum absolute atomic E-state index is 0.0806. The van der Waals surface area contributed by atoms with E-state index in [4.69, 9.17) is 5.26 Å². The quantitative estimate of drug-likeness (QED) is 0.202. The van der Waals surface area contributed by atoms with Crippen molar-refractivity contribution in [2.24, 2.45) is 16.8 Å². The van der Waals surface area contributed by atoms with Crippen LogP contribution in [0.1, 0.15) is 43.2 Å². The lowest BCUT2D eigenvalue weighted by atomic mass is 9.83. The van der Waals surface area contributed by atoms with Crippen LogP contribution in [0, 0.1) is 41.5 Å². The predicted molar refractivity (Wildman–Crippen MR) is 141 cm³/mol. The van der Waals surface area contributed by atoms with Crippen molar-refractivity contribution >= 4 is 23.5 Å². The summed E-state index contributed by atoms with van der Waals surface area (Å²) < 4.78 is 0. The summed E-state index contributed by atoms with van der Waals surface area (Å²) in [5, 5.41) is 28.0. The lowest BCUT2D eigenvalue weighted by molar-refractivity contribution is -0.147. The average Bonchev–Trinajstić information content (AvgIpc) is 3.24. The van der Waals surface area contributed by atoms with Crippen LogP contribution >= 0.6 is 0 Å². The lowest BCUT2D eigenvalue weighted by Crippen LogP contribution is -2.58. The van der Waals surface area contributed by atoms with Crippen molar-refractivity contribution < 1.29 is 14.8 Å². The molecule has 0 spiro atoms. The van der Waals surface area contributed by atoms with E-state index in [1.165, 1.54) is 0 Å². The van der Waals surface area contributed by atoms with Crippen molar-refractivity contribution in [3.63, 3.8) is 0 Å². The highest BCUT2D eigenvalue weighted by atomic mass is 16.5.